The minimum Gasteiger partial charge on any atom is -0.503 e. The van der Waals surface area contributed by atoms with E-state index in [1.165, 1.54) is 4.90 Å². The van der Waals surface area contributed by atoms with Crippen LogP contribution < -0.4 is 4.74 Å². The Bertz CT molecular complexity index is 1290. The summed E-state index contributed by atoms with van der Waals surface area (Å²) in [4.78, 5) is 30.2. The molecule has 0 fully saturated rings. The van der Waals surface area contributed by atoms with Gasteiger partial charge in [-0.05, 0) is 56.9 Å². The number of carbonyl (C=O) groups excluding carboxylic acids is 2. The average Bonchev–Trinajstić information content (AvgIpc) is 3.34. The summed E-state index contributed by atoms with van der Waals surface area (Å²) < 4.78 is 11.5. The van der Waals surface area contributed by atoms with E-state index < -0.39 is 23.5 Å². The van der Waals surface area contributed by atoms with E-state index in [0.29, 0.717) is 36.6 Å². The number of fused-ring (bicyclic) bond motifs is 1. The molecule has 1 aromatic heterocycles. The van der Waals surface area contributed by atoms with Crippen LogP contribution in [0.15, 0.2) is 76.9 Å². The van der Waals surface area contributed by atoms with Gasteiger partial charge >= 0.3 is 0 Å². The van der Waals surface area contributed by atoms with Crippen LogP contribution in [-0.2, 0) is 4.79 Å². The van der Waals surface area contributed by atoms with Crippen molar-refractivity contribution >= 4 is 22.7 Å². The van der Waals surface area contributed by atoms with Crippen LogP contribution in [0.25, 0.3) is 11.0 Å². The molecule has 1 aliphatic heterocycles. The molecule has 0 saturated heterocycles. The second kappa shape index (κ2) is 9.57. The number of aliphatic hydroxyl groups is 1. The number of benzene rings is 2. The Morgan fingerprint density at radius 1 is 1.24 bits per heavy atom. The van der Waals surface area contributed by atoms with Gasteiger partial charge in [0, 0.05) is 18.5 Å². The minimum absolute atomic E-state index is 0.000375. The maximum atomic E-state index is 13.6. The summed E-state index contributed by atoms with van der Waals surface area (Å²) in [5.74, 6) is -1.000. The molecule has 0 aliphatic carbocycles. The molecular weight excluding hydrogens is 432 g/mol. The summed E-state index contributed by atoms with van der Waals surface area (Å²) >= 11 is 0. The third kappa shape index (κ3) is 4.47. The fourth-order valence-electron chi connectivity index (χ4n) is 4.11. The Balaban J connectivity index is 1.78. The quantitative estimate of drug-likeness (QED) is 0.375. The van der Waals surface area contributed by atoms with Crippen LogP contribution in [0.3, 0.4) is 0 Å². The molecule has 3 aromatic rings. The van der Waals surface area contributed by atoms with E-state index in [1.54, 1.807) is 36.4 Å². The van der Waals surface area contributed by atoms with Crippen molar-refractivity contribution in [1.82, 2.24) is 9.80 Å². The third-order valence-electron chi connectivity index (χ3n) is 5.77. The number of amides is 1. The second-order valence-corrected chi connectivity index (χ2v) is 8.62. The molecule has 0 radical (unpaired) electrons. The molecule has 2 aromatic carbocycles. The number of nitrogens with zero attached hydrogens (tertiary/aromatic N) is 2. The molecule has 1 unspecified atom stereocenters. The van der Waals surface area contributed by atoms with Crippen molar-refractivity contribution in [2.45, 2.75) is 13.0 Å². The van der Waals surface area contributed by atoms with E-state index >= 15 is 0 Å². The number of ether oxygens (including phenoxy) is 1. The van der Waals surface area contributed by atoms with Crippen molar-refractivity contribution in [3.8, 4) is 5.75 Å². The molecule has 0 saturated carbocycles. The van der Waals surface area contributed by atoms with Crippen LogP contribution in [0, 0.1) is 6.92 Å². The van der Waals surface area contributed by atoms with Crippen molar-refractivity contribution < 1.29 is 23.8 Å². The zero-order valence-electron chi connectivity index (χ0n) is 19.6. The number of aliphatic hydroxyl groups excluding tert-OH is 1. The Hall–Kier alpha value is -3.84. The van der Waals surface area contributed by atoms with Crippen LogP contribution in [0.5, 0.6) is 5.75 Å². The molecule has 1 N–H and O–H groups in total. The van der Waals surface area contributed by atoms with E-state index in [0.717, 1.165) is 10.9 Å². The molecule has 1 aliphatic rings. The molecule has 34 heavy (non-hydrogen) atoms. The zero-order chi connectivity index (χ0) is 24.4. The van der Waals surface area contributed by atoms with Gasteiger partial charge in [-0.25, -0.2) is 0 Å². The third-order valence-corrected chi connectivity index (χ3v) is 5.77. The predicted molar refractivity (Wildman–Crippen MR) is 130 cm³/mol. The first-order valence-corrected chi connectivity index (χ1v) is 11.1. The van der Waals surface area contributed by atoms with E-state index in [4.69, 9.17) is 9.15 Å². The molecule has 1 atom stereocenters. The maximum absolute atomic E-state index is 13.6. The second-order valence-electron chi connectivity index (χ2n) is 8.62. The fraction of sp³-hybridized carbons (Fsp3) is 0.259. The van der Waals surface area contributed by atoms with Crippen molar-refractivity contribution in [1.29, 1.82) is 0 Å². The lowest BCUT2D eigenvalue weighted by atomic mass is 9.94. The van der Waals surface area contributed by atoms with Crippen molar-refractivity contribution in [2.24, 2.45) is 0 Å². The molecule has 176 valence electrons. The van der Waals surface area contributed by atoms with Gasteiger partial charge in [-0.15, -0.1) is 0 Å². The summed E-state index contributed by atoms with van der Waals surface area (Å²) in [5.41, 5.74) is 2.27. The number of rotatable bonds is 9. The van der Waals surface area contributed by atoms with Crippen LogP contribution in [0.4, 0.5) is 0 Å². The largest absolute Gasteiger partial charge is 0.503 e. The molecule has 7 heteroatoms. The summed E-state index contributed by atoms with van der Waals surface area (Å²) in [5, 5.41) is 11.6. The van der Waals surface area contributed by atoms with E-state index in [1.807, 2.05) is 44.1 Å². The van der Waals surface area contributed by atoms with Gasteiger partial charge in [0.05, 0.1) is 11.6 Å². The standard InChI is InChI=1S/C27H28N2O5/c1-5-13-33-20-8-6-7-18(15-20)24-23(26(31)27(32)29(24)12-11-28(3)4)25(30)22-16-19-14-17(2)9-10-21(19)34-22/h5-10,14-16,24,31H,1,11-13H2,2-4H3. The van der Waals surface area contributed by atoms with Gasteiger partial charge in [0.15, 0.2) is 11.5 Å². The van der Waals surface area contributed by atoms with Gasteiger partial charge in [-0.1, -0.05) is 36.4 Å². The van der Waals surface area contributed by atoms with Gasteiger partial charge < -0.3 is 24.1 Å². The van der Waals surface area contributed by atoms with Gasteiger partial charge in [0.2, 0.25) is 5.78 Å². The number of aryl methyl sites for hydroxylation is 1. The predicted octanol–water partition coefficient (Wildman–Crippen LogP) is 4.45. The van der Waals surface area contributed by atoms with Gasteiger partial charge in [0.25, 0.3) is 5.91 Å². The normalized spacial score (nSPS) is 16.1. The number of hydrogen-bond donors (Lipinski definition) is 1. The number of Topliss-reactive ketones (excluding diaryl/α,β-unsaturated/α-hetero) is 1. The smallest absolute Gasteiger partial charge is 0.290 e. The highest BCUT2D eigenvalue weighted by Crippen LogP contribution is 2.40. The highest BCUT2D eigenvalue weighted by molar-refractivity contribution is 6.16. The number of hydrogen-bond acceptors (Lipinski definition) is 6. The van der Waals surface area contributed by atoms with E-state index in [-0.39, 0.29) is 11.3 Å². The minimum atomic E-state index is -0.776. The first-order chi connectivity index (χ1) is 16.3. The maximum Gasteiger partial charge on any atom is 0.290 e. The fourth-order valence-corrected chi connectivity index (χ4v) is 4.11. The molecule has 0 bridgehead atoms. The van der Waals surface area contributed by atoms with Gasteiger partial charge in [0.1, 0.15) is 17.9 Å². The van der Waals surface area contributed by atoms with Crippen LogP contribution in [0.1, 0.15) is 27.7 Å². The van der Waals surface area contributed by atoms with Gasteiger partial charge in [-0.2, -0.15) is 0 Å². The molecule has 1 amide bonds. The number of furan rings is 1. The average molecular weight is 461 g/mol. The molecular formula is C27H28N2O5. The van der Waals surface area contributed by atoms with Crippen molar-refractivity contribution in [3.63, 3.8) is 0 Å². The molecule has 2 heterocycles. The van der Waals surface area contributed by atoms with E-state index in [2.05, 4.69) is 6.58 Å². The van der Waals surface area contributed by atoms with Crippen LogP contribution >= 0.6 is 0 Å². The topological polar surface area (TPSA) is 83.2 Å². The Labute approximate surface area is 198 Å². The Kier molecular flexibility index (Phi) is 6.56. The number of ketones is 1. The lowest BCUT2D eigenvalue weighted by Crippen LogP contribution is -2.36. The SMILES string of the molecule is C=CCOc1cccc(C2C(C(=O)c3cc4cc(C)ccc4o3)=C(O)C(=O)N2CCN(C)C)c1. The molecule has 0 spiro atoms. The summed E-state index contributed by atoms with van der Waals surface area (Å²) in [7, 11) is 3.80. The van der Waals surface area contributed by atoms with Crippen molar-refractivity contribution in [3.05, 3.63) is 89.4 Å². The van der Waals surface area contributed by atoms with Crippen LogP contribution in [0.2, 0.25) is 0 Å². The number of carbonyl (C=O) groups is 2. The lowest BCUT2D eigenvalue weighted by Gasteiger charge is -2.28. The first kappa shape index (κ1) is 23.3. The molecule has 7 nitrogen and oxygen atoms in total. The highest BCUT2D eigenvalue weighted by atomic mass is 16.5. The van der Waals surface area contributed by atoms with Gasteiger partial charge in [-0.3, -0.25) is 9.59 Å². The van der Waals surface area contributed by atoms with E-state index in [9.17, 15) is 14.7 Å². The number of likely N-dealkylation sites (N-methyl/N-ethyl adjacent to an activating group) is 1. The Morgan fingerprint density at radius 2 is 2.03 bits per heavy atom. The summed E-state index contributed by atoms with van der Waals surface area (Å²) in [6, 6.07) is 13.7. The monoisotopic (exact) mass is 460 g/mol. The zero-order valence-corrected chi connectivity index (χ0v) is 19.6. The molecule has 4 rings (SSSR count). The lowest BCUT2D eigenvalue weighted by molar-refractivity contribution is -0.129. The first-order valence-electron chi connectivity index (χ1n) is 11.1. The highest BCUT2D eigenvalue weighted by Gasteiger charge is 2.44. The van der Waals surface area contributed by atoms with Crippen LogP contribution in [-0.4, -0.2) is 60.4 Å². The summed E-state index contributed by atoms with van der Waals surface area (Å²) in [6.07, 6.45) is 1.64. The van der Waals surface area contributed by atoms with Crippen molar-refractivity contribution in [2.75, 3.05) is 33.8 Å². The Morgan fingerprint density at radius 3 is 2.76 bits per heavy atom. The summed E-state index contributed by atoms with van der Waals surface area (Å²) in [6.45, 7) is 6.83.